The first kappa shape index (κ1) is 15.3. The summed E-state index contributed by atoms with van der Waals surface area (Å²) in [6, 6.07) is 6.05. The van der Waals surface area contributed by atoms with E-state index in [4.69, 9.17) is 4.74 Å². The van der Waals surface area contributed by atoms with E-state index in [1.165, 1.54) is 0 Å². The molecule has 2 aromatic heterocycles. The summed E-state index contributed by atoms with van der Waals surface area (Å²) in [6.45, 7) is 4.46. The van der Waals surface area contributed by atoms with Crippen LogP contribution in [0.1, 0.15) is 25.0 Å². The topological polar surface area (TPSA) is 76.1 Å². The van der Waals surface area contributed by atoms with E-state index in [2.05, 4.69) is 30.4 Å². The molecule has 2 saturated heterocycles. The highest BCUT2D eigenvalue weighted by atomic mass is 16.5. The number of anilines is 2. The number of hydrogen-bond donors (Lipinski definition) is 1. The van der Waals surface area contributed by atoms with Crippen molar-refractivity contribution in [3.63, 3.8) is 0 Å². The second kappa shape index (κ2) is 6.32. The van der Waals surface area contributed by atoms with Crippen LogP contribution in [0.5, 0.6) is 0 Å². The highest BCUT2D eigenvalue weighted by Crippen LogP contribution is 2.36. The van der Waals surface area contributed by atoms with Crippen LogP contribution in [0.4, 0.5) is 11.8 Å². The lowest BCUT2D eigenvalue weighted by Gasteiger charge is -2.39. The van der Waals surface area contributed by atoms with Crippen molar-refractivity contribution in [1.82, 2.24) is 20.2 Å². The van der Waals surface area contributed by atoms with Crippen molar-refractivity contribution in [2.24, 2.45) is 0 Å². The Hall–Kier alpha value is -2.28. The normalized spacial score (nSPS) is 26.7. The molecule has 7 heteroatoms. The van der Waals surface area contributed by atoms with Crippen LogP contribution in [0.15, 0.2) is 30.6 Å². The SMILES string of the molecule is Cc1ccc(N[C@H]2CO[C@@]3(CCCN(c4ncccn4)C3)C2)nn1. The monoisotopic (exact) mass is 326 g/mol. The average molecular weight is 326 g/mol. The number of piperidine rings is 1. The lowest BCUT2D eigenvalue weighted by molar-refractivity contribution is -0.00668. The van der Waals surface area contributed by atoms with E-state index in [9.17, 15) is 0 Å². The number of aryl methyl sites for hydroxylation is 1. The van der Waals surface area contributed by atoms with E-state index >= 15 is 0 Å². The van der Waals surface area contributed by atoms with Gasteiger partial charge in [0.25, 0.3) is 0 Å². The lowest BCUT2D eigenvalue weighted by Crippen LogP contribution is -2.48. The fourth-order valence-corrected chi connectivity index (χ4v) is 3.63. The summed E-state index contributed by atoms with van der Waals surface area (Å²) in [7, 11) is 0. The van der Waals surface area contributed by atoms with Crippen molar-refractivity contribution < 1.29 is 4.74 Å². The van der Waals surface area contributed by atoms with Crippen LogP contribution in [0, 0.1) is 6.92 Å². The molecule has 1 N–H and O–H groups in total. The first-order valence-electron chi connectivity index (χ1n) is 8.45. The Labute approximate surface area is 141 Å². The van der Waals surface area contributed by atoms with Crippen molar-refractivity contribution in [2.75, 3.05) is 29.9 Å². The Morgan fingerprint density at radius 2 is 2.12 bits per heavy atom. The van der Waals surface area contributed by atoms with E-state index in [1.54, 1.807) is 12.4 Å². The second-order valence-corrected chi connectivity index (χ2v) is 6.67. The number of ether oxygens (including phenoxy) is 1. The molecule has 0 unspecified atom stereocenters. The van der Waals surface area contributed by atoms with Gasteiger partial charge in [-0.25, -0.2) is 9.97 Å². The van der Waals surface area contributed by atoms with E-state index in [0.29, 0.717) is 6.61 Å². The molecule has 7 nitrogen and oxygen atoms in total. The summed E-state index contributed by atoms with van der Waals surface area (Å²) in [4.78, 5) is 11.0. The van der Waals surface area contributed by atoms with Crippen molar-refractivity contribution in [3.05, 3.63) is 36.3 Å². The molecular weight excluding hydrogens is 304 g/mol. The fourth-order valence-electron chi connectivity index (χ4n) is 3.63. The quantitative estimate of drug-likeness (QED) is 0.922. The maximum absolute atomic E-state index is 6.23. The highest BCUT2D eigenvalue weighted by molar-refractivity contribution is 5.36. The Kier molecular flexibility index (Phi) is 4.02. The molecule has 2 fully saturated rings. The van der Waals surface area contributed by atoms with Gasteiger partial charge in [-0.2, -0.15) is 5.10 Å². The zero-order valence-electron chi connectivity index (χ0n) is 13.9. The molecular formula is C17H22N6O. The highest BCUT2D eigenvalue weighted by Gasteiger charge is 2.44. The molecule has 0 aromatic carbocycles. The van der Waals surface area contributed by atoms with Gasteiger partial charge in [0.05, 0.1) is 23.9 Å². The zero-order valence-corrected chi connectivity index (χ0v) is 13.9. The number of aromatic nitrogens is 4. The predicted molar refractivity (Wildman–Crippen MR) is 91.0 cm³/mol. The Balaban J connectivity index is 1.42. The van der Waals surface area contributed by atoms with Gasteiger partial charge in [0.1, 0.15) is 5.82 Å². The molecule has 0 aliphatic carbocycles. The van der Waals surface area contributed by atoms with Crippen molar-refractivity contribution in [3.8, 4) is 0 Å². The van der Waals surface area contributed by atoms with Gasteiger partial charge in [0.2, 0.25) is 5.95 Å². The standard InChI is InChI=1S/C17H22N6O/c1-13-4-5-15(22-21-13)20-14-10-17(24-11-14)6-2-9-23(12-17)16-18-7-3-8-19-16/h3-5,7-8,14H,2,6,9-12H2,1H3,(H,20,22)/t14-,17+/m1/s1. The van der Waals surface area contributed by atoms with Crippen LogP contribution in [-0.2, 0) is 4.74 Å². The van der Waals surface area contributed by atoms with Crippen LogP contribution in [0.2, 0.25) is 0 Å². The minimum atomic E-state index is -0.118. The molecule has 1 spiro atoms. The Morgan fingerprint density at radius 1 is 1.25 bits per heavy atom. The smallest absolute Gasteiger partial charge is 0.225 e. The second-order valence-electron chi connectivity index (χ2n) is 6.67. The Morgan fingerprint density at radius 3 is 2.92 bits per heavy atom. The van der Waals surface area contributed by atoms with Crippen LogP contribution in [0.3, 0.4) is 0 Å². The summed E-state index contributed by atoms with van der Waals surface area (Å²) >= 11 is 0. The largest absolute Gasteiger partial charge is 0.371 e. The Bertz CT molecular complexity index is 679. The third kappa shape index (κ3) is 3.17. The summed E-state index contributed by atoms with van der Waals surface area (Å²) in [6.07, 6.45) is 6.72. The third-order valence-electron chi connectivity index (χ3n) is 4.73. The number of hydrogen-bond acceptors (Lipinski definition) is 7. The van der Waals surface area contributed by atoms with Crippen LogP contribution in [0.25, 0.3) is 0 Å². The minimum Gasteiger partial charge on any atom is -0.371 e. The van der Waals surface area contributed by atoms with Crippen molar-refractivity contribution in [1.29, 1.82) is 0 Å². The average Bonchev–Trinajstić information content (AvgIpc) is 2.99. The lowest BCUT2D eigenvalue weighted by atomic mass is 9.89. The molecule has 2 atom stereocenters. The van der Waals surface area contributed by atoms with Gasteiger partial charge in [-0.1, -0.05) is 0 Å². The summed E-state index contributed by atoms with van der Waals surface area (Å²) in [5.74, 6) is 1.60. The zero-order chi connectivity index (χ0) is 16.4. The number of nitrogens with one attached hydrogen (secondary N) is 1. The van der Waals surface area contributed by atoms with Gasteiger partial charge in [0, 0.05) is 31.9 Å². The summed E-state index contributed by atoms with van der Waals surface area (Å²) in [5, 5.41) is 11.7. The van der Waals surface area contributed by atoms with E-state index in [1.807, 2.05) is 25.1 Å². The molecule has 0 bridgehead atoms. The predicted octanol–water partition coefficient (Wildman–Crippen LogP) is 1.82. The first-order valence-corrected chi connectivity index (χ1v) is 8.45. The van der Waals surface area contributed by atoms with Crippen molar-refractivity contribution >= 4 is 11.8 Å². The van der Waals surface area contributed by atoms with Crippen LogP contribution >= 0.6 is 0 Å². The van der Waals surface area contributed by atoms with Crippen molar-refractivity contribution in [2.45, 2.75) is 37.8 Å². The molecule has 0 saturated carbocycles. The summed E-state index contributed by atoms with van der Waals surface area (Å²) < 4.78 is 6.23. The summed E-state index contributed by atoms with van der Waals surface area (Å²) in [5.41, 5.74) is 0.804. The van der Waals surface area contributed by atoms with Crippen LogP contribution < -0.4 is 10.2 Å². The van der Waals surface area contributed by atoms with E-state index in [-0.39, 0.29) is 11.6 Å². The molecule has 4 heterocycles. The molecule has 0 amide bonds. The molecule has 0 radical (unpaired) electrons. The molecule has 2 aromatic rings. The first-order chi connectivity index (χ1) is 11.7. The van der Waals surface area contributed by atoms with Gasteiger partial charge < -0.3 is 15.0 Å². The molecule has 2 aliphatic rings. The van der Waals surface area contributed by atoms with Gasteiger partial charge in [-0.15, -0.1) is 5.10 Å². The number of nitrogens with zero attached hydrogens (tertiary/aromatic N) is 5. The maximum atomic E-state index is 6.23. The van der Waals surface area contributed by atoms with E-state index < -0.39 is 0 Å². The molecule has 126 valence electrons. The minimum absolute atomic E-state index is 0.118. The van der Waals surface area contributed by atoms with E-state index in [0.717, 1.165) is 49.8 Å². The third-order valence-corrected chi connectivity index (χ3v) is 4.73. The van der Waals surface area contributed by atoms with Gasteiger partial charge in [-0.05, 0) is 38.0 Å². The van der Waals surface area contributed by atoms with Gasteiger partial charge >= 0.3 is 0 Å². The molecule has 2 aliphatic heterocycles. The maximum Gasteiger partial charge on any atom is 0.225 e. The molecule has 24 heavy (non-hydrogen) atoms. The van der Waals surface area contributed by atoms with Crippen LogP contribution in [-0.4, -0.2) is 51.5 Å². The molecule has 4 rings (SSSR count). The van der Waals surface area contributed by atoms with Gasteiger partial charge in [0.15, 0.2) is 0 Å². The van der Waals surface area contributed by atoms with Gasteiger partial charge in [-0.3, -0.25) is 0 Å². The number of rotatable bonds is 3. The fraction of sp³-hybridized carbons (Fsp3) is 0.529.